The highest BCUT2D eigenvalue weighted by Crippen LogP contribution is 2.19. The number of nitrogens with one attached hydrogen (secondary N) is 1. The lowest BCUT2D eigenvalue weighted by molar-refractivity contribution is -0.142. The first-order valence-electron chi connectivity index (χ1n) is 11.6. The van der Waals surface area contributed by atoms with Crippen LogP contribution in [0.1, 0.15) is 18.1 Å². The Balaban J connectivity index is 1.32. The number of carbonyl (C=O) groups is 1. The lowest BCUT2D eigenvalue weighted by atomic mass is 10.1. The minimum absolute atomic E-state index is 0.111. The standard InChI is InChI=1S/C28H33NO6/c1-21(16-22-8-10-25(11-9-22)35-20-28(31)32-2)29-17-24(30)19-34-27-14-12-26(13-15-27)33-18-23-6-4-3-5-7-23/h3-15,21,24,29-30H,16-20H2,1-2H3/t21-,24+/m1/s1. The molecule has 0 saturated carbocycles. The minimum Gasteiger partial charge on any atom is -0.491 e. The van der Waals surface area contributed by atoms with Gasteiger partial charge in [0.05, 0.1) is 7.11 Å². The Bertz CT molecular complexity index is 1010. The maximum absolute atomic E-state index is 11.1. The Morgan fingerprint density at radius 2 is 1.43 bits per heavy atom. The smallest absolute Gasteiger partial charge is 0.343 e. The van der Waals surface area contributed by atoms with E-state index in [2.05, 4.69) is 17.0 Å². The average molecular weight is 480 g/mol. The summed E-state index contributed by atoms with van der Waals surface area (Å²) in [6.45, 7) is 3.07. The van der Waals surface area contributed by atoms with E-state index in [1.807, 2.05) is 78.9 Å². The van der Waals surface area contributed by atoms with E-state index in [4.69, 9.17) is 14.2 Å². The maximum atomic E-state index is 11.1. The van der Waals surface area contributed by atoms with Crippen molar-refractivity contribution < 1.29 is 28.8 Å². The van der Waals surface area contributed by atoms with Gasteiger partial charge in [-0.3, -0.25) is 0 Å². The molecule has 0 saturated heterocycles. The van der Waals surface area contributed by atoms with Gasteiger partial charge in [-0.2, -0.15) is 0 Å². The van der Waals surface area contributed by atoms with Crippen LogP contribution in [0.5, 0.6) is 17.2 Å². The van der Waals surface area contributed by atoms with Crippen molar-refractivity contribution in [1.82, 2.24) is 5.32 Å². The summed E-state index contributed by atoms with van der Waals surface area (Å²) in [7, 11) is 1.33. The second-order valence-corrected chi connectivity index (χ2v) is 8.23. The Hall–Kier alpha value is -3.55. The predicted molar refractivity (Wildman–Crippen MR) is 134 cm³/mol. The van der Waals surface area contributed by atoms with Crippen LogP contribution in [0.3, 0.4) is 0 Å². The van der Waals surface area contributed by atoms with Crippen LogP contribution in [0.25, 0.3) is 0 Å². The third-order valence-corrected chi connectivity index (χ3v) is 5.27. The summed E-state index contributed by atoms with van der Waals surface area (Å²) in [6, 6.07) is 25.1. The Morgan fingerprint density at radius 3 is 2.09 bits per heavy atom. The highest BCUT2D eigenvalue weighted by Gasteiger charge is 2.10. The average Bonchev–Trinajstić information content (AvgIpc) is 2.90. The molecule has 0 spiro atoms. The van der Waals surface area contributed by atoms with E-state index >= 15 is 0 Å². The summed E-state index contributed by atoms with van der Waals surface area (Å²) >= 11 is 0. The molecule has 186 valence electrons. The number of benzene rings is 3. The van der Waals surface area contributed by atoms with E-state index in [1.54, 1.807) is 0 Å². The molecule has 2 N–H and O–H groups in total. The van der Waals surface area contributed by atoms with Crippen LogP contribution in [-0.2, 0) is 22.6 Å². The zero-order valence-electron chi connectivity index (χ0n) is 20.2. The zero-order valence-corrected chi connectivity index (χ0v) is 20.2. The number of esters is 1. The highest BCUT2D eigenvalue weighted by atomic mass is 16.6. The quantitative estimate of drug-likeness (QED) is 0.340. The molecule has 0 unspecified atom stereocenters. The molecule has 3 rings (SSSR count). The van der Waals surface area contributed by atoms with Gasteiger partial charge in [-0.25, -0.2) is 4.79 Å². The van der Waals surface area contributed by atoms with Crippen molar-refractivity contribution in [1.29, 1.82) is 0 Å². The van der Waals surface area contributed by atoms with Gasteiger partial charge in [0.1, 0.15) is 36.6 Å². The first-order chi connectivity index (χ1) is 17.0. The SMILES string of the molecule is COC(=O)COc1ccc(C[C@@H](C)NC[C@H](O)COc2ccc(OCc3ccccc3)cc2)cc1. The van der Waals surface area contributed by atoms with Crippen molar-refractivity contribution in [3.8, 4) is 17.2 Å². The molecular weight excluding hydrogens is 446 g/mol. The van der Waals surface area contributed by atoms with Crippen LogP contribution in [0.15, 0.2) is 78.9 Å². The molecule has 0 amide bonds. The number of aliphatic hydroxyl groups is 1. The molecule has 3 aromatic carbocycles. The Morgan fingerprint density at radius 1 is 0.829 bits per heavy atom. The summed E-state index contributed by atoms with van der Waals surface area (Å²) in [5.74, 6) is 1.64. The summed E-state index contributed by atoms with van der Waals surface area (Å²) in [5, 5.41) is 13.6. The van der Waals surface area contributed by atoms with Gasteiger partial charge in [-0.05, 0) is 60.9 Å². The van der Waals surface area contributed by atoms with E-state index in [0.29, 0.717) is 24.7 Å². The summed E-state index contributed by atoms with van der Waals surface area (Å²) in [6.07, 6.45) is 0.149. The first-order valence-corrected chi connectivity index (χ1v) is 11.6. The third-order valence-electron chi connectivity index (χ3n) is 5.27. The molecule has 0 aromatic heterocycles. The zero-order chi connectivity index (χ0) is 24.9. The monoisotopic (exact) mass is 479 g/mol. The molecule has 0 radical (unpaired) electrons. The fourth-order valence-electron chi connectivity index (χ4n) is 3.31. The van der Waals surface area contributed by atoms with Crippen molar-refractivity contribution in [2.75, 3.05) is 26.9 Å². The molecule has 7 nitrogen and oxygen atoms in total. The summed E-state index contributed by atoms with van der Waals surface area (Å²) in [4.78, 5) is 11.1. The van der Waals surface area contributed by atoms with Gasteiger partial charge in [0.25, 0.3) is 0 Å². The fourth-order valence-corrected chi connectivity index (χ4v) is 3.31. The molecule has 0 fully saturated rings. The molecule has 3 aromatic rings. The number of methoxy groups -OCH3 is 1. The number of hydrogen-bond acceptors (Lipinski definition) is 7. The van der Waals surface area contributed by atoms with E-state index in [1.165, 1.54) is 7.11 Å². The van der Waals surface area contributed by atoms with E-state index in [-0.39, 0.29) is 19.3 Å². The van der Waals surface area contributed by atoms with Crippen LogP contribution in [0.4, 0.5) is 0 Å². The normalized spacial score (nSPS) is 12.4. The fraction of sp³-hybridized carbons (Fsp3) is 0.321. The van der Waals surface area contributed by atoms with Crippen LogP contribution in [0, 0.1) is 0 Å². The topological polar surface area (TPSA) is 86.3 Å². The Kier molecular flexibility index (Phi) is 10.4. The number of ether oxygens (including phenoxy) is 4. The van der Waals surface area contributed by atoms with E-state index in [9.17, 15) is 9.90 Å². The van der Waals surface area contributed by atoms with E-state index < -0.39 is 12.1 Å². The van der Waals surface area contributed by atoms with Gasteiger partial charge in [0, 0.05) is 12.6 Å². The summed E-state index contributed by atoms with van der Waals surface area (Å²) < 4.78 is 21.4. The maximum Gasteiger partial charge on any atom is 0.343 e. The number of carbonyl (C=O) groups excluding carboxylic acids is 1. The van der Waals surface area contributed by atoms with Gasteiger partial charge in [0.15, 0.2) is 6.61 Å². The minimum atomic E-state index is -0.638. The van der Waals surface area contributed by atoms with Gasteiger partial charge in [-0.15, -0.1) is 0 Å². The lowest BCUT2D eigenvalue weighted by Gasteiger charge is -2.18. The van der Waals surface area contributed by atoms with Gasteiger partial charge in [0.2, 0.25) is 0 Å². The Labute approximate surface area is 206 Å². The van der Waals surface area contributed by atoms with Crippen LogP contribution < -0.4 is 19.5 Å². The second-order valence-electron chi connectivity index (χ2n) is 8.23. The molecule has 0 aliphatic rings. The van der Waals surface area contributed by atoms with Crippen LogP contribution >= 0.6 is 0 Å². The summed E-state index contributed by atoms with van der Waals surface area (Å²) in [5.41, 5.74) is 2.23. The lowest BCUT2D eigenvalue weighted by Crippen LogP contribution is -2.37. The molecule has 7 heteroatoms. The second kappa shape index (κ2) is 14.0. The molecule has 0 bridgehead atoms. The largest absolute Gasteiger partial charge is 0.491 e. The molecule has 0 heterocycles. The van der Waals surface area contributed by atoms with Gasteiger partial charge >= 0.3 is 5.97 Å². The van der Waals surface area contributed by atoms with Crippen molar-refractivity contribution in [2.45, 2.75) is 32.1 Å². The molecule has 0 aliphatic carbocycles. The molecule has 2 atom stereocenters. The van der Waals surface area contributed by atoms with Crippen molar-refractivity contribution in [3.63, 3.8) is 0 Å². The number of aliphatic hydroxyl groups excluding tert-OH is 1. The van der Waals surface area contributed by atoms with Crippen molar-refractivity contribution in [2.24, 2.45) is 0 Å². The molecule has 0 aliphatic heterocycles. The third kappa shape index (κ3) is 9.68. The highest BCUT2D eigenvalue weighted by molar-refractivity contribution is 5.70. The predicted octanol–water partition coefficient (Wildman–Crippen LogP) is 3.78. The number of rotatable bonds is 14. The molecular formula is C28H33NO6. The van der Waals surface area contributed by atoms with Gasteiger partial charge in [-0.1, -0.05) is 42.5 Å². The van der Waals surface area contributed by atoms with E-state index in [0.717, 1.165) is 23.3 Å². The van der Waals surface area contributed by atoms with Crippen molar-refractivity contribution in [3.05, 3.63) is 90.0 Å². The van der Waals surface area contributed by atoms with Crippen molar-refractivity contribution >= 4 is 5.97 Å². The van der Waals surface area contributed by atoms with Gasteiger partial charge < -0.3 is 29.4 Å². The molecule has 35 heavy (non-hydrogen) atoms. The van der Waals surface area contributed by atoms with Crippen LogP contribution in [-0.4, -0.2) is 50.1 Å². The number of hydrogen-bond donors (Lipinski definition) is 2. The van der Waals surface area contributed by atoms with Crippen LogP contribution in [0.2, 0.25) is 0 Å². The first kappa shape index (κ1) is 26.1.